The van der Waals surface area contributed by atoms with Gasteiger partial charge in [0, 0.05) is 13.1 Å². The van der Waals surface area contributed by atoms with Gasteiger partial charge in [0.05, 0.1) is 5.69 Å². The smallest absolute Gasteiger partial charge is 0.267 e. The van der Waals surface area contributed by atoms with Crippen molar-refractivity contribution in [2.24, 2.45) is 0 Å². The van der Waals surface area contributed by atoms with E-state index in [-0.39, 0.29) is 11.4 Å². The van der Waals surface area contributed by atoms with Crippen LogP contribution in [0.1, 0.15) is 5.56 Å². The van der Waals surface area contributed by atoms with Gasteiger partial charge >= 0.3 is 0 Å². The lowest BCUT2D eigenvalue weighted by Crippen LogP contribution is -2.37. The number of hydrogen-bond donors (Lipinski definition) is 0. The summed E-state index contributed by atoms with van der Waals surface area (Å²) in [7, 11) is -0.243. The van der Waals surface area contributed by atoms with Gasteiger partial charge in [0.15, 0.2) is 0 Å². The predicted molar refractivity (Wildman–Crippen MR) is 90.7 cm³/mol. The van der Waals surface area contributed by atoms with Gasteiger partial charge in [0.2, 0.25) is 0 Å². The minimum atomic E-state index is -3.97. The molecule has 4 nitrogen and oxygen atoms in total. The number of para-hydroxylation sites is 1. The van der Waals surface area contributed by atoms with Crippen LogP contribution in [0.5, 0.6) is 0 Å². The highest BCUT2D eigenvalue weighted by atomic mass is 32.2. The first-order valence-electron chi connectivity index (χ1n) is 7.31. The molecule has 0 spiro atoms. The second-order valence-corrected chi connectivity index (χ2v) is 7.48. The van der Waals surface area contributed by atoms with Crippen LogP contribution >= 0.6 is 0 Å². The van der Waals surface area contributed by atoms with Crippen molar-refractivity contribution < 1.29 is 12.8 Å². The molecule has 0 saturated carbocycles. The summed E-state index contributed by atoms with van der Waals surface area (Å²) in [5.41, 5.74) is 1.22. The maximum Gasteiger partial charge on any atom is 0.267 e. The number of nitrogens with zero attached hydrogens (tertiary/aromatic N) is 2. The average Bonchev–Trinajstić information content (AvgIpc) is 2.50. The Morgan fingerprint density at radius 2 is 1.65 bits per heavy atom. The first-order chi connectivity index (χ1) is 10.8. The van der Waals surface area contributed by atoms with Gasteiger partial charge in [-0.05, 0) is 50.8 Å². The van der Waals surface area contributed by atoms with E-state index in [1.807, 2.05) is 25.1 Å². The summed E-state index contributed by atoms with van der Waals surface area (Å²) in [4.78, 5) is 1.60. The highest BCUT2D eigenvalue weighted by Crippen LogP contribution is 2.25. The van der Waals surface area contributed by atoms with Gasteiger partial charge in [-0.2, -0.15) is 0 Å². The molecule has 23 heavy (non-hydrogen) atoms. The fraction of sp³-hybridized carbons (Fsp3) is 0.294. The van der Waals surface area contributed by atoms with Gasteiger partial charge in [-0.25, -0.2) is 12.8 Å². The molecule has 2 rings (SSSR count). The Balaban J connectivity index is 2.50. The lowest BCUT2D eigenvalue weighted by atomic mass is 10.2. The van der Waals surface area contributed by atoms with Crippen molar-refractivity contribution in [3.05, 3.63) is 59.9 Å². The third-order valence-corrected chi connectivity index (χ3v) is 5.29. The third kappa shape index (κ3) is 4.09. The van der Waals surface area contributed by atoms with Crippen molar-refractivity contribution >= 4 is 15.7 Å². The summed E-state index contributed by atoms with van der Waals surface area (Å²) in [5, 5.41) is 0. The Bertz CT molecular complexity index is 761. The monoisotopic (exact) mass is 336 g/mol. The van der Waals surface area contributed by atoms with Crippen LogP contribution in [0.15, 0.2) is 53.4 Å². The number of anilines is 1. The van der Waals surface area contributed by atoms with E-state index in [2.05, 4.69) is 0 Å². The summed E-state index contributed by atoms with van der Waals surface area (Å²) >= 11 is 0. The van der Waals surface area contributed by atoms with E-state index in [0.717, 1.165) is 0 Å². The maximum absolute atomic E-state index is 14.1. The van der Waals surface area contributed by atoms with Gasteiger partial charge in [0.25, 0.3) is 10.0 Å². The standard InChI is InChI=1S/C17H21FN2O2S/c1-14-9-10-16(18)17(13-14)23(21,22)20(12-11-19(2)3)15-7-5-4-6-8-15/h4-10,13H,11-12H2,1-3H3. The minimum absolute atomic E-state index is 0.243. The van der Waals surface area contributed by atoms with Crippen molar-refractivity contribution in [3.63, 3.8) is 0 Å². The van der Waals surface area contributed by atoms with Crippen LogP contribution in [-0.2, 0) is 10.0 Å². The molecule has 6 heteroatoms. The summed E-state index contributed by atoms with van der Waals surface area (Å²) in [6.45, 7) is 2.51. The lowest BCUT2D eigenvalue weighted by molar-refractivity contribution is 0.419. The molecule has 0 aromatic heterocycles. The Morgan fingerprint density at radius 3 is 2.26 bits per heavy atom. The van der Waals surface area contributed by atoms with Crippen LogP contribution in [0.3, 0.4) is 0 Å². The van der Waals surface area contributed by atoms with Gasteiger partial charge < -0.3 is 4.90 Å². The summed E-state index contributed by atoms with van der Waals surface area (Å²) in [6, 6.07) is 12.9. The molecular weight excluding hydrogens is 315 g/mol. The Hall–Kier alpha value is -1.92. The SMILES string of the molecule is Cc1ccc(F)c(S(=O)(=O)N(CCN(C)C)c2ccccc2)c1. The van der Waals surface area contributed by atoms with Crippen LogP contribution < -0.4 is 4.31 Å². The van der Waals surface area contributed by atoms with E-state index in [1.54, 1.807) is 37.3 Å². The largest absolute Gasteiger partial charge is 0.308 e. The fourth-order valence-electron chi connectivity index (χ4n) is 2.20. The molecule has 0 aliphatic heterocycles. The number of likely N-dealkylation sites (N-methyl/N-ethyl adjacent to an activating group) is 1. The molecule has 0 heterocycles. The summed E-state index contributed by atoms with van der Waals surface area (Å²) in [6.07, 6.45) is 0. The van der Waals surface area contributed by atoms with E-state index in [0.29, 0.717) is 17.8 Å². The van der Waals surface area contributed by atoms with Crippen LogP contribution in [0.4, 0.5) is 10.1 Å². The molecule has 0 aliphatic rings. The predicted octanol–water partition coefficient (Wildman–Crippen LogP) is 2.89. The quantitative estimate of drug-likeness (QED) is 0.814. The van der Waals surface area contributed by atoms with E-state index >= 15 is 0 Å². The maximum atomic E-state index is 14.1. The minimum Gasteiger partial charge on any atom is -0.308 e. The second kappa shape index (κ2) is 7.10. The van der Waals surface area contributed by atoms with E-state index in [1.165, 1.54) is 16.4 Å². The third-order valence-electron chi connectivity index (χ3n) is 3.45. The Morgan fingerprint density at radius 1 is 1.00 bits per heavy atom. The Labute approximate surface area is 137 Å². The molecule has 0 atom stereocenters. The van der Waals surface area contributed by atoms with E-state index < -0.39 is 15.8 Å². The molecule has 0 unspecified atom stereocenters. The molecule has 0 fully saturated rings. The normalized spacial score (nSPS) is 11.7. The van der Waals surface area contributed by atoms with Crippen molar-refractivity contribution in [3.8, 4) is 0 Å². The number of hydrogen-bond acceptors (Lipinski definition) is 3. The number of sulfonamides is 1. The molecule has 2 aromatic rings. The van der Waals surface area contributed by atoms with E-state index in [4.69, 9.17) is 0 Å². The zero-order valence-corrected chi connectivity index (χ0v) is 14.3. The summed E-state index contributed by atoms with van der Waals surface area (Å²) in [5.74, 6) is -0.735. The van der Waals surface area contributed by atoms with Crippen molar-refractivity contribution in [2.75, 3.05) is 31.5 Å². The van der Waals surface area contributed by atoms with E-state index in [9.17, 15) is 12.8 Å². The zero-order valence-electron chi connectivity index (χ0n) is 13.5. The Kier molecular flexibility index (Phi) is 5.38. The topological polar surface area (TPSA) is 40.6 Å². The molecule has 0 bridgehead atoms. The number of benzene rings is 2. The molecule has 0 aliphatic carbocycles. The second-order valence-electron chi connectivity index (χ2n) is 5.65. The fourth-order valence-corrected chi connectivity index (χ4v) is 3.81. The average molecular weight is 336 g/mol. The van der Waals surface area contributed by atoms with Crippen LogP contribution in [0.25, 0.3) is 0 Å². The molecular formula is C17H21FN2O2S. The van der Waals surface area contributed by atoms with Crippen molar-refractivity contribution in [1.82, 2.24) is 4.90 Å². The molecule has 0 N–H and O–H groups in total. The zero-order chi connectivity index (χ0) is 17.0. The van der Waals surface area contributed by atoms with Gasteiger partial charge in [-0.1, -0.05) is 24.3 Å². The van der Waals surface area contributed by atoms with Gasteiger partial charge in [-0.3, -0.25) is 4.31 Å². The number of rotatable bonds is 6. The first-order valence-corrected chi connectivity index (χ1v) is 8.75. The number of halogens is 1. The molecule has 2 aromatic carbocycles. The number of aryl methyl sites for hydroxylation is 1. The lowest BCUT2D eigenvalue weighted by Gasteiger charge is -2.26. The highest BCUT2D eigenvalue weighted by molar-refractivity contribution is 7.92. The highest BCUT2D eigenvalue weighted by Gasteiger charge is 2.27. The molecule has 0 radical (unpaired) electrons. The molecule has 0 saturated heterocycles. The first kappa shape index (κ1) is 17.4. The van der Waals surface area contributed by atoms with Crippen LogP contribution in [0, 0.1) is 12.7 Å². The van der Waals surface area contributed by atoms with Crippen LogP contribution in [0.2, 0.25) is 0 Å². The molecule has 0 amide bonds. The molecule has 124 valence electrons. The van der Waals surface area contributed by atoms with Crippen molar-refractivity contribution in [1.29, 1.82) is 0 Å². The van der Waals surface area contributed by atoms with Gasteiger partial charge in [-0.15, -0.1) is 0 Å². The van der Waals surface area contributed by atoms with Gasteiger partial charge in [0.1, 0.15) is 10.7 Å². The van der Waals surface area contributed by atoms with Crippen LogP contribution in [-0.4, -0.2) is 40.5 Å². The summed E-state index contributed by atoms with van der Waals surface area (Å²) < 4.78 is 41.4. The van der Waals surface area contributed by atoms with Crippen molar-refractivity contribution in [2.45, 2.75) is 11.8 Å².